The van der Waals surface area contributed by atoms with Gasteiger partial charge in [-0.2, -0.15) is 0 Å². The van der Waals surface area contributed by atoms with Crippen LogP contribution in [0.25, 0.3) is 0 Å². The molecule has 0 aliphatic heterocycles. The first-order chi connectivity index (χ1) is 6.06. The molecular formula is C7H11NO5. The van der Waals surface area contributed by atoms with Crippen LogP contribution in [0.2, 0.25) is 0 Å². The van der Waals surface area contributed by atoms with Crippen LogP contribution in [0.5, 0.6) is 0 Å². The van der Waals surface area contributed by atoms with E-state index in [1.54, 1.807) is 6.92 Å². The highest BCUT2D eigenvalue weighted by Crippen LogP contribution is 1.79. The smallest absolute Gasteiger partial charge is 0.413 e. The van der Waals surface area contributed by atoms with Crippen molar-refractivity contribution in [2.75, 3.05) is 13.2 Å². The van der Waals surface area contributed by atoms with E-state index in [0.29, 0.717) is 0 Å². The number of nitrogens with one attached hydrogen (secondary N) is 1. The minimum absolute atomic E-state index is 0.173. The molecule has 2 amide bonds. The molecule has 0 rings (SSSR count). The van der Waals surface area contributed by atoms with Crippen molar-refractivity contribution in [3.8, 4) is 0 Å². The number of carbonyl (C=O) groups excluding carboxylic acids is 3. The molecule has 0 atom stereocenters. The summed E-state index contributed by atoms with van der Waals surface area (Å²) in [6, 6.07) is 0. The molecule has 0 aromatic heterocycles. The highest BCUT2D eigenvalue weighted by molar-refractivity contribution is 5.93. The molecule has 13 heavy (non-hydrogen) atoms. The molecular weight excluding hydrogens is 178 g/mol. The number of esters is 1. The first-order valence-corrected chi connectivity index (χ1v) is 3.66. The van der Waals surface area contributed by atoms with E-state index < -0.39 is 24.6 Å². The third-order valence-corrected chi connectivity index (χ3v) is 0.923. The van der Waals surface area contributed by atoms with Gasteiger partial charge < -0.3 is 9.47 Å². The van der Waals surface area contributed by atoms with Crippen molar-refractivity contribution in [3.63, 3.8) is 0 Å². The van der Waals surface area contributed by atoms with Crippen LogP contribution in [0.15, 0.2) is 0 Å². The molecule has 0 aliphatic rings. The third-order valence-electron chi connectivity index (χ3n) is 0.923. The molecule has 0 aromatic carbocycles. The second kappa shape index (κ2) is 5.99. The molecule has 74 valence electrons. The lowest BCUT2D eigenvalue weighted by atomic mass is 10.6. The average Bonchev–Trinajstić information content (AvgIpc) is 2.01. The van der Waals surface area contributed by atoms with Crippen LogP contribution in [0, 0.1) is 0 Å². The molecule has 0 unspecified atom stereocenters. The summed E-state index contributed by atoms with van der Waals surface area (Å²) in [7, 11) is 0. The van der Waals surface area contributed by atoms with Crippen LogP contribution in [0.4, 0.5) is 4.79 Å². The Balaban J connectivity index is 3.62. The quantitative estimate of drug-likeness (QED) is 0.623. The standard InChI is InChI=1S/C7H11NO5/c1-3-12-7(11)8-6(10)4-13-5(2)9/h3-4H2,1-2H3,(H,8,10,11). The van der Waals surface area contributed by atoms with Crippen molar-refractivity contribution in [2.45, 2.75) is 13.8 Å². The number of carbonyl (C=O) groups is 3. The minimum atomic E-state index is -0.848. The molecule has 0 fully saturated rings. The van der Waals surface area contributed by atoms with E-state index in [9.17, 15) is 14.4 Å². The lowest BCUT2D eigenvalue weighted by Gasteiger charge is -2.03. The maximum absolute atomic E-state index is 10.7. The van der Waals surface area contributed by atoms with Gasteiger partial charge in [-0.05, 0) is 6.92 Å². The molecule has 6 nitrogen and oxygen atoms in total. The summed E-state index contributed by atoms with van der Waals surface area (Å²) < 4.78 is 8.73. The second-order valence-electron chi connectivity index (χ2n) is 2.05. The van der Waals surface area contributed by atoms with Crippen LogP contribution < -0.4 is 5.32 Å². The van der Waals surface area contributed by atoms with Gasteiger partial charge in [0.2, 0.25) is 0 Å². The molecule has 0 saturated heterocycles. The summed E-state index contributed by atoms with van der Waals surface area (Å²) in [6.45, 7) is 2.47. The molecule has 0 spiro atoms. The summed E-state index contributed by atoms with van der Waals surface area (Å²) in [5.41, 5.74) is 0. The molecule has 0 heterocycles. The van der Waals surface area contributed by atoms with E-state index in [4.69, 9.17) is 0 Å². The van der Waals surface area contributed by atoms with Crippen LogP contribution in [0.3, 0.4) is 0 Å². The summed E-state index contributed by atoms with van der Waals surface area (Å²) in [6.07, 6.45) is -0.848. The zero-order valence-electron chi connectivity index (χ0n) is 7.46. The maximum Gasteiger partial charge on any atom is 0.413 e. The lowest BCUT2D eigenvalue weighted by molar-refractivity contribution is -0.146. The molecule has 6 heteroatoms. The highest BCUT2D eigenvalue weighted by atomic mass is 16.6. The largest absolute Gasteiger partial charge is 0.456 e. The van der Waals surface area contributed by atoms with Gasteiger partial charge in [0.1, 0.15) is 0 Å². The van der Waals surface area contributed by atoms with Crippen molar-refractivity contribution in [2.24, 2.45) is 0 Å². The molecule has 0 aromatic rings. The Hall–Kier alpha value is -1.59. The molecule has 0 bridgehead atoms. The van der Waals surface area contributed by atoms with Gasteiger partial charge in [-0.1, -0.05) is 0 Å². The monoisotopic (exact) mass is 189 g/mol. The fourth-order valence-electron chi connectivity index (χ4n) is 0.484. The first-order valence-electron chi connectivity index (χ1n) is 3.66. The second-order valence-corrected chi connectivity index (χ2v) is 2.05. The van der Waals surface area contributed by atoms with E-state index in [0.717, 1.165) is 6.92 Å². The van der Waals surface area contributed by atoms with Crippen molar-refractivity contribution >= 4 is 18.0 Å². The van der Waals surface area contributed by atoms with Gasteiger partial charge in [0.15, 0.2) is 6.61 Å². The average molecular weight is 189 g/mol. The van der Waals surface area contributed by atoms with Gasteiger partial charge in [-0.15, -0.1) is 0 Å². The zero-order valence-corrected chi connectivity index (χ0v) is 7.46. The number of rotatable bonds is 3. The Bertz CT molecular complexity index is 213. The summed E-state index contributed by atoms with van der Waals surface area (Å²) >= 11 is 0. The summed E-state index contributed by atoms with van der Waals surface area (Å²) in [5, 5.41) is 1.86. The van der Waals surface area contributed by atoms with Gasteiger partial charge in [-0.25, -0.2) is 4.79 Å². The number of hydrogen-bond donors (Lipinski definition) is 1. The fourth-order valence-corrected chi connectivity index (χ4v) is 0.484. The van der Waals surface area contributed by atoms with Gasteiger partial charge in [0, 0.05) is 6.92 Å². The number of ether oxygens (including phenoxy) is 2. The van der Waals surface area contributed by atoms with Crippen molar-refractivity contribution in [1.82, 2.24) is 5.32 Å². The minimum Gasteiger partial charge on any atom is -0.456 e. The number of alkyl carbamates (subject to hydrolysis) is 1. The van der Waals surface area contributed by atoms with Gasteiger partial charge in [-0.3, -0.25) is 14.9 Å². The van der Waals surface area contributed by atoms with Crippen LogP contribution in [0.1, 0.15) is 13.8 Å². The number of amides is 2. The fraction of sp³-hybridized carbons (Fsp3) is 0.571. The van der Waals surface area contributed by atoms with Crippen molar-refractivity contribution < 1.29 is 23.9 Å². The Labute approximate surface area is 75.2 Å². The Morgan fingerprint density at radius 3 is 2.31 bits per heavy atom. The van der Waals surface area contributed by atoms with Crippen LogP contribution in [-0.4, -0.2) is 31.2 Å². The predicted molar refractivity (Wildman–Crippen MR) is 41.8 cm³/mol. The van der Waals surface area contributed by atoms with Gasteiger partial charge in [0.25, 0.3) is 5.91 Å². The lowest BCUT2D eigenvalue weighted by Crippen LogP contribution is -2.34. The van der Waals surface area contributed by atoms with Crippen molar-refractivity contribution in [3.05, 3.63) is 0 Å². The zero-order chi connectivity index (χ0) is 10.3. The Kier molecular flexibility index (Phi) is 5.25. The summed E-state index contributed by atoms with van der Waals surface area (Å²) in [5.74, 6) is -1.30. The van der Waals surface area contributed by atoms with E-state index in [1.165, 1.54) is 0 Å². The van der Waals surface area contributed by atoms with E-state index >= 15 is 0 Å². The topological polar surface area (TPSA) is 81.7 Å². The van der Waals surface area contributed by atoms with Gasteiger partial charge >= 0.3 is 12.1 Å². The van der Waals surface area contributed by atoms with Gasteiger partial charge in [0.05, 0.1) is 6.61 Å². The molecule has 1 N–H and O–H groups in total. The van der Waals surface area contributed by atoms with Crippen LogP contribution in [-0.2, 0) is 19.1 Å². The highest BCUT2D eigenvalue weighted by Gasteiger charge is 2.08. The third kappa shape index (κ3) is 6.79. The number of hydrogen-bond acceptors (Lipinski definition) is 5. The first kappa shape index (κ1) is 11.4. The van der Waals surface area contributed by atoms with E-state index in [2.05, 4.69) is 9.47 Å². The predicted octanol–water partition coefficient (Wildman–Crippen LogP) is -0.178. The SMILES string of the molecule is CCOC(=O)NC(=O)COC(C)=O. The maximum atomic E-state index is 10.7. The molecule has 0 radical (unpaired) electrons. The Morgan fingerprint density at radius 2 is 1.85 bits per heavy atom. The Morgan fingerprint density at radius 1 is 1.23 bits per heavy atom. The van der Waals surface area contributed by atoms with E-state index in [1.807, 2.05) is 5.32 Å². The van der Waals surface area contributed by atoms with E-state index in [-0.39, 0.29) is 6.61 Å². The molecule has 0 saturated carbocycles. The number of imide groups is 1. The molecule has 0 aliphatic carbocycles. The normalized spacial score (nSPS) is 8.77. The van der Waals surface area contributed by atoms with Crippen LogP contribution >= 0.6 is 0 Å². The van der Waals surface area contributed by atoms with Crippen molar-refractivity contribution in [1.29, 1.82) is 0 Å². The summed E-state index contributed by atoms with van der Waals surface area (Å²) in [4.78, 5) is 31.6.